The van der Waals surface area contributed by atoms with Gasteiger partial charge >= 0.3 is 11.9 Å². The van der Waals surface area contributed by atoms with Gasteiger partial charge in [-0.3, -0.25) is 4.79 Å². The van der Waals surface area contributed by atoms with Gasteiger partial charge in [-0.25, -0.2) is 9.59 Å². The molecule has 2 aromatic heterocycles. The van der Waals surface area contributed by atoms with E-state index in [1.807, 2.05) is 0 Å². The maximum absolute atomic E-state index is 12.4. The maximum atomic E-state index is 12.4. The Balaban J connectivity index is 2.06. The zero-order chi connectivity index (χ0) is 19.7. The van der Waals surface area contributed by atoms with E-state index in [-0.39, 0.29) is 10.4 Å². The van der Waals surface area contributed by atoms with Crippen molar-refractivity contribution in [3.63, 3.8) is 0 Å². The van der Waals surface area contributed by atoms with E-state index < -0.39 is 23.5 Å². The summed E-state index contributed by atoms with van der Waals surface area (Å²) in [6.07, 6.45) is 2.16. The molecule has 0 atom stereocenters. The Bertz CT molecular complexity index is 1110. The minimum absolute atomic E-state index is 0.176. The van der Waals surface area contributed by atoms with Crippen molar-refractivity contribution >= 4 is 51.6 Å². The summed E-state index contributed by atoms with van der Waals surface area (Å²) in [4.78, 5) is 35.2. The van der Waals surface area contributed by atoms with E-state index in [2.05, 4.69) is 0 Å². The normalized spacial score (nSPS) is 11.7. The van der Waals surface area contributed by atoms with Gasteiger partial charge in [0.2, 0.25) is 5.76 Å². The third-order valence-electron chi connectivity index (χ3n) is 3.79. The number of aliphatic hydroxyl groups is 1. The lowest BCUT2D eigenvalue weighted by Gasteiger charge is -2.03. The summed E-state index contributed by atoms with van der Waals surface area (Å²) in [7, 11) is 0. The minimum Gasteiger partial charge on any atom is -0.502 e. The number of nitrogens with zero attached hydrogens (tertiary/aromatic N) is 1. The van der Waals surface area contributed by atoms with Crippen molar-refractivity contribution in [2.45, 2.75) is 6.54 Å². The number of hydrogen-bond acceptors (Lipinski definition) is 5. The van der Waals surface area contributed by atoms with Crippen molar-refractivity contribution in [3.8, 4) is 0 Å². The van der Waals surface area contributed by atoms with Gasteiger partial charge < -0.3 is 19.9 Å². The molecule has 3 rings (SSSR count). The summed E-state index contributed by atoms with van der Waals surface area (Å²) in [5.74, 6) is -4.36. The highest BCUT2D eigenvalue weighted by Crippen LogP contribution is 2.28. The van der Waals surface area contributed by atoms with Crippen LogP contribution in [0.3, 0.4) is 0 Å². The summed E-state index contributed by atoms with van der Waals surface area (Å²) in [6, 6.07) is 8.12. The van der Waals surface area contributed by atoms with Gasteiger partial charge in [0.15, 0.2) is 5.78 Å². The van der Waals surface area contributed by atoms with E-state index in [0.29, 0.717) is 28.5 Å². The largest absolute Gasteiger partial charge is 0.502 e. The number of aromatic carboxylic acids is 1. The first-order chi connectivity index (χ1) is 12.8. The molecule has 0 radical (unpaired) electrons. The van der Waals surface area contributed by atoms with Gasteiger partial charge in [0, 0.05) is 38.6 Å². The number of allylic oxidation sites excluding steroid dienone is 1. The minimum atomic E-state index is -1.61. The molecule has 0 saturated carbocycles. The van der Waals surface area contributed by atoms with Crippen molar-refractivity contribution in [1.29, 1.82) is 0 Å². The van der Waals surface area contributed by atoms with Gasteiger partial charge in [-0.2, -0.15) is 0 Å². The van der Waals surface area contributed by atoms with Crippen LogP contribution < -0.4 is 0 Å². The molecule has 0 amide bonds. The topological polar surface area (TPSA) is 117 Å². The Morgan fingerprint density at radius 1 is 1.11 bits per heavy atom. The van der Waals surface area contributed by atoms with Crippen LogP contribution in [0.2, 0.25) is 5.02 Å². The third kappa shape index (κ3) is 3.86. The Morgan fingerprint density at radius 3 is 2.48 bits per heavy atom. The number of carboxylic acids is 2. The van der Waals surface area contributed by atoms with E-state index in [9.17, 15) is 19.5 Å². The highest BCUT2D eigenvalue weighted by Gasteiger charge is 2.17. The number of aromatic nitrogens is 1. The number of halogens is 1. The number of ketones is 1. The summed E-state index contributed by atoms with van der Waals surface area (Å²) in [6.45, 7) is 0.317. The van der Waals surface area contributed by atoms with Crippen LogP contribution in [-0.2, 0) is 11.3 Å². The van der Waals surface area contributed by atoms with Crippen molar-refractivity contribution in [1.82, 2.24) is 4.57 Å². The van der Waals surface area contributed by atoms with Crippen LogP contribution >= 0.6 is 22.9 Å². The molecule has 9 heteroatoms. The number of carbonyl (C=O) groups excluding carboxylic acids is 1. The molecule has 0 bridgehead atoms. The molecular formula is C18H12ClNO6S. The Labute approximate surface area is 161 Å². The molecule has 0 aliphatic rings. The number of benzene rings is 1. The second kappa shape index (κ2) is 7.26. The van der Waals surface area contributed by atoms with E-state index in [0.717, 1.165) is 16.2 Å². The van der Waals surface area contributed by atoms with Crippen LogP contribution in [0.25, 0.3) is 10.9 Å². The van der Waals surface area contributed by atoms with Crippen LogP contribution in [0.15, 0.2) is 48.4 Å². The first-order valence-electron chi connectivity index (χ1n) is 7.55. The van der Waals surface area contributed by atoms with Crippen molar-refractivity contribution in [2.24, 2.45) is 0 Å². The highest BCUT2D eigenvalue weighted by atomic mass is 35.5. The fraction of sp³-hybridized carbons (Fsp3) is 0.0556. The lowest BCUT2D eigenvalue weighted by Crippen LogP contribution is -2.03. The van der Waals surface area contributed by atoms with Crippen LogP contribution in [0.1, 0.15) is 24.9 Å². The molecule has 2 heterocycles. The molecule has 0 aliphatic carbocycles. The van der Waals surface area contributed by atoms with Crippen LogP contribution in [0.5, 0.6) is 0 Å². The van der Waals surface area contributed by atoms with Crippen LogP contribution in [0, 0.1) is 0 Å². The lowest BCUT2D eigenvalue weighted by atomic mass is 10.1. The zero-order valence-corrected chi connectivity index (χ0v) is 15.1. The number of carbonyl (C=O) groups is 3. The molecular weight excluding hydrogens is 394 g/mol. The molecule has 7 nitrogen and oxygen atoms in total. The summed E-state index contributed by atoms with van der Waals surface area (Å²) in [5, 5.41) is 28.0. The van der Waals surface area contributed by atoms with Crippen molar-refractivity contribution in [2.75, 3.05) is 0 Å². The summed E-state index contributed by atoms with van der Waals surface area (Å²) < 4.78 is 1.74. The second-order valence-electron chi connectivity index (χ2n) is 5.60. The predicted octanol–water partition coefficient (Wildman–Crippen LogP) is 3.81. The van der Waals surface area contributed by atoms with Gasteiger partial charge in [-0.15, -0.1) is 11.3 Å². The highest BCUT2D eigenvalue weighted by molar-refractivity contribution is 7.13. The maximum Gasteiger partial charge on any atom is 0.371 e. The first-order valence-corrected chi connectivity index (χ1v) is 8.74. The fourth-order valence-corrected chi connectivity index (χ4v) is 3.62. The molecule has 0 aliphatic heterocycles. The fourth-order valence-electron chi connectivity index (χ4n) is 2.61. The standard InChI is InChI=1S/C18H12ClNO6S/c19-9-1-3-13-11(5-9)12(14(21)6-15(22)17(23)24)8-20(13)7-10-2-4-16(27-10)18(25)26/h1-6,8,22H,7H2,(H,23,24)(H,25,26). The molecule has 3 N–H and O–H groups in total. The molecule has 3 aromatic rings. The number of carboxylic acid groups (broad SMARTS) is 2. The monoisotopic (exact) mass is 405 g/mol. The van der Waals surface area contributed by atoms with E-state index >= 15 is 0 Å². The molecule has 138 valence electrons. The molecule has 27 heavy (non-hydrogen) atoms. The average Bonchev–Trinajstić information content (AvgIpc) is 3.20. The Hall–Kier alpha value is -3.10. The summed E-state index contributed by atoms with van der Waals surface area (Å²) in [5.41, 5.74) is 0.839. The van der Waals surface area contributed by atoms with Crippen molar-refractivity contribution < 1.29 is 29.7 Å². The average molecular weight is 406 g/mol. The summed E-state index contributed by atoms with van der Waals surface area (Å²) >= 11 is 7.14. The number of aliphatic hydroxyl groups excluding tert-OH is 1. The van der Waals surface area contributed by atoms with Gasteiger partial charge in [0.05, 0.1) is 6.54 Å². The Kier molecular flexibility index (Phi) is 5.02. The first kappa shape index (κ1) is 18.7. The predicted molar refractivity (Wildman–Crippen MR) is 100 cm³/mol. The zero-order valence-electron chi connectivity index (χ0n) is 13.5. The smallest absolute Gasteiger partial charge is 0.371 e. The van der Waals surface area contributed by atoms with Gasteiger partial charge in [0.25, 0.3) is 0 Å². The Morgan fingerprint density at radius 2 is 1.85 bits per heavy atom. The van der Waals surface area contributed by atoms with Crippen molar-refractivity contribution in [3.05, 3.63) is 68.7 Å². The third-order valence-corrected chi connectivity index (χ3v) is 5.09. The lowest BCUT2D eigenvalue weighted by molar-refractivity contribution is -0.135. The second-order valence-corrected chi connectivity index (χ2v) is 7.21. The van der Waals surface area contributed by atoms with Crippen LogP contribution in [0.4, 0.5) is 0 Å². The van der Waals surface area contributed by atoms with E-state index in [1.165, 1.54) is 12.3 Å². The van der Waals surface area contributed by atoms with Gasteiger partial charge in [-0.1, -0.05) is 11.6 Å². The number of hydrogen-bond donors (Lipinski definition) is 3. The quantitative estimate of drug-likeness (QED) is 0.326. The van der Waals surface area contributed by atoms with E-state index in [4.69, 9.17) is 21.8 Å². The van der Waals surface area contributed by atoms with Gasteiger partial charge in [-0.05, 0) is 30.3 Å². The number of thiophene rings is 1. The molecule has 0 saturated heterocycles. The molecule has 1 aromatic carbocycles. The molecule has 0 spiro atoms. The SMILES string of the molecule is O=C(O)C(O)=CC(=O)c1cn(Cc2ccc(C(=O)O)s2)c2ccc(Cl)cc12. The van der Waals surface area contributed by atoms with Crippen LogP contribution in [-0.4, -0.2) is 37.6 Å². The molecule has 0 fully saturated rings. The van der Waals surface area contributed by atoms with E-state index in [1.54, 1.807) is 28.8 Å². The number of rotatable bonds is 6. The number of fused-ring (bicyclic) bond motifs is 1. The molecule has 0 unspecified atom stereocenters. The van der Waals surface area contributed by atoms with Gasteiger partial charge in [0.1, 0.15) is 4.88 Å². The number of aliphatic carboxylic acids is 1.